The fourth-order valence-corrected chi connectivity index (χ4v) is 2.39. The first-order chi connectivity index (χ1) is 12.7. The van der Waals surface area contributed by atoms with Crippen molar-refractivity contribution >= 4 is 29.0 Å². The highest BCUT2D eigenvalue weighted by Crippen LogP contribution is 2.16. The van der Waals surface area contributed by atoms with Gasteiger partial charge in [-0.15, -0.1) is 0 Å². The first kappa shape index (κ1) is 17.4. The number of halogens is 1. The van der Waals surface area contributed by atoms with E-state index in [1.54, 1.807) is 24.3 Å². The van der Waals surface area contributed by atoms with E-state index in [0.717, 1.165) is 5.56 Å². The number of aromatic nitrogens is 2. The minimum absolute atomic E-state index is 0.192. The van der Waals surface area contributed by atoms with Gasteiger partial charge in [0.2, 0.25) is 0 Å². The number of carbonyl (C=O) groups excluding carboxylic acids is 1. The molecule has 1 amide bonds. The summed E-state index contributed by atoms with van der Waals surface area (Å²) in [4.78, 5) is 20.5. The number of nitrogens with one attached hydrogen (secondary N) is 2. The molecule has 26 heavy (non-hydrogen) atoms. The van der Waals surface area contributed by atoms with Crippen LogP contribution < -0.4 is 10.6 Å². The number of hydrogen-bond acceptors (Lipinski definition) is 5. The molecule has 0 unspecified atom stereocenters. The number of hydrogen-bond donors (Lipinski definition) is 2. The normalized spacial score (nSPS) is 10.0. The molecule has 0 fully saturated rings. The zero-order chi connectivity index (χ0) is 18.4. The quantitative estimate of drug-likeness (QED) is 0.718. The van der Waals surface area contributed by atoms with Crippen molar-refractivity contribution in [3.05, 3.63) is 82.8 Å². The van der Waals surface area contributed by atoms with E-state index in [-0.39, 0.29) is 11.6 Å². The first-order valence-electron chi connectivity index (χ1n) is 7.76. The summed E-state index contributed by atoms with van der Waals surface area (Å²) in [6, 6.07) is 16.1. The van der Waals surface area contributed by atoms with Gasteiger partial charge in [-0.05, 0) is 35.9 Å². The first-order valence-corrected chi connectivity index (χ1v) is 8.14. The maximum absolute atomic E-state index is 12.2. The molecule has 128 valence electrons. The molecular weight excluding hydrogens is 350 g/mol. The van der Waals surface area contributed by atoms with E-state index in [1.165, 1.54) is 12.4 Å². The second-order valence-corrected chi connectivity index (χ2v) is 5.78. The van der Waals surface area contributed by atoms with E-state index < -0.39 is 0 Å². The molecule has 2 N–H and O–H groups in total. The van der Waals surface area contributed by atoms with Crippen LogP contribution in [0.15, 0.2) is 60.9 Å². The summed E-state index contributed by atoms with van der Waals surface area (Å²) in [5.41, 5.74) is 2.24. The van der Waals surface area contributed by atoms with Crippen molar-refractivity contribution < 1.29 is 4.79 Å². The summed E-state index contributed by atoms with van der Waals surface area (Å²) in [6.45, 7) is 0.505. The van der Waals surface area contributed by atoms with Gasteiger partial charge in [-0.25, -0.2) is 9.97 Å². The van der Waals surface area contributed by atoms with Crippen LogP contribution in [0.25, 0.3) is 0 Å². The Morgan fingerprint density at radius 2 is 1.85 bits per heavy atom. The van der Waals surface area contributed by atoms with Crippen LogP contribution >= 0.6 is 11.6 Å². The lowest BCUT2D eigenvalue weighted by atomic mass is 10.2. The van der Waals surface area contributed by atoms with Gasteiger partial charge in [0, 0.05) is 17.3 Å². The van der Waals surface area contributed by atoms with Crippen molar-refractivity contribution in [3.8, 4) is 6.07 Å². The third-order valence-corrected chi connectivity index (χ3v) is 3.94. The van der Waals surface area contributed by atoms with E-state index >= 15 is 0 Å². The predicted octanol–water partition coefficient (Wildman–Crippen LogP) is 3.87. The number of benzene rings is 2. The molecule has 0 bridgehead atoms. The Balaban J connectivity index is 1.60. The third-order valence-electron chi connectivity index (χ3n) is 3.57. The van der Waals surface area contributed by atoms with Crippen molar-refractivity contribution in [3.63, 3.8) is 0 Å². The molecule has 0 saturated carbocycles. The van der Waals surface area contributed by atoms with Crippen LogP contribution in [-0.2, 0) is 6.54 Å². The summed E-state index contributed by atoms with van der Waals surface area (Å²) in [5.74, 6) is 0.166. The molecule has 1 aromatic heterocycles. The molecule has 7 heteroatoms. The number of nitriles is 1. The van der Waals surface area contributed by atoms with Gasteiger partial charge in [-0.3, -0.25) is 4.79 Å². The molecule has 2 aromatic carbocycles. The number of nitrogens with zero attached hydrogens (tertiary/aromatic N) is 3. The largest absolute Gasteiger partial charge is 0.365 e. The SMILES string of the molecule is N#Cc1ccc(NC(=O)c2cnc(NCc3ccccc3Cl)cn2)cc1. The van der Waals surface area contributed by atoms with Gasteiger partial charge in [0.05, 0.1) is 24.0 Å². The Bertz CT molecular complexity index is 949. The number of amides is 1. The number of anilines is 2. The van der Waals surface area contributed by atoms with E-state index in [9.17, 15) is 4.79 Å². The third kappa shape index (κ3) is 4.35. The standard InChI is InChI=1S/C19H14ClN5O/c20-16-4-2-1-3-14(16)10-23-18-12-22-17(11-24-18)19(26)25-15-7-5-13(9-21)6-8-15/h1-8,11-12H,10H2,(H,23,24)(H,25,26). The minimum Gasteiger partial charge on any atom is -0.365 e. The van der Waals surface area contributed by atoms with E-state index in [1.807, 2.05) is 30.3 Å². The highest BCUT2D eigenvalue weighted by Gasteiger charge is 2.09. The Hall–Kier alpha value is -3.43. The van der Waals surface area contributed by atoms with Crippen molar-refractivity contribution in [2.75, 3.05) is 10.6 Å². The molecule has 3 rings (SSSR count). The Morgan fingerprint density at radius 1 is 1.08 bits per heavy atom. The summed E-state index contributed by atoms with van der Waals surface area (Å²) in [7, 11) is 0. The summed E-state index contributed by atoms with van der Waals surface area (Å²) >= 11 is 6.11. The maximum Gasteiger partial charge on any atom is 0.275 e. The number of carbonyl (C=O) groups is 1. The lowest BCUT2D eigenvalue weighted by Crippen LogP contribution is -2.14. The van der Waals surface area contributed by atoms with E-state index in [4.69, 9.17) is 16.9 Å². The van der Waals surface area contributed by atoms with Gasteiger partial charge < -0.3 is 10.6 Å². The van der Waals surface area contributed by atoms with Gasteiger partial charge in [0.25, 0.3) is 5.91 Å². The molecule has 0 aliphatic heterocycles. The van der Waals surface area contributed by atoms with Crippen LogP contribution in [-0.4, -0.2) is 15.9 Å². The monoisotopic (exact) mass is 363 g/mol. The average Bonchev–Trinajstić information content (AvgIpc) is 2.68. The minimum atomic E-state index is -0.375. The predicted molar refractivity (Wildman–Crippen MR) is 99.9 cm³/mol. The van der Waals surface area contributed by atoms with E-state index in [0.29, 0.717) is 28.6 Å². The molecule has 0 spiro atoms. The molecule has 0 atom stereocenters. The topological polar surface area (TPSA) is 90.7 Å². The van der Waals surface area contributed by atoms with Crippen LogP contribution in [0.5, 0.6) is 0 Å². The highest BCUT2D eigenvalue weighted by atomic mass is 35.5. The Morgan fingerprint density at radius 3 is 2.50 bits per heavy atom. The fraction of sp³-hybridized carbons (Fsp3) is 0.0526. The van der Waals surface area contributed by atoms with Gasteiger partial charge in [0.1, 0.15) is 11.5 Å². The van der Waals surface area contributed by atoms with Crippen LogP contribution in [0.2, 0.25) is 5.02 Å². The van der Waals surface area contributed by atoms with Gasteiger partial charge in [0.15, 0.2) is 0 Å². The lowest BCUT2D eigenvalue weighted by molar-refractivity contribution is 0.102. The average molecular weight is 364 g/mol. The molecular formula is C19H14ClN5O. The maximum atomic E-state index is 12.2. The summed E-state index contributed by atoms with van der Waals surface area (Å²) in [5, 5.41) is 15.3. The van der Waals surface area contributed by atoms with Gasteiger partial charge in [-0.2, -0.15) is 5.26 Å². The van der Waals surface area contributed by atoms with Crippen LogP contribution in [0.4, 0.5) is 11.5 Å². The van der Waals surface area contributed by atoms with Crippen molar-refractivity contribution in [2.45, 2.75) is 6.54 Å². The molecule has 0 saturated heterocycles. The van der Waals surface area contributed by atoms with Crippen molar-refractivity contribution in [1.82, 2.24) is 9.97 Å². The molecule has 0 aliphatic rings. The van der Waals surface area contributed by atoms with Crippen LogP contribution in [0, 0.1) is 11.3 Å². The summed E-state index contributed by atoms with van der Waals surface area (Å²) < 4.78 is 0. The van der Waals surface area contributed by atoms with Gasteiger partial charge in [-0.1, -0.05) is 29.8 Å². The number of rotatable bonds is 5. The van der Waals surface area contributed by atoms with Crippen molar-refractivity contribution in [2.24, 2.45) is 0 Å². The Labute approximate surface area is 155 Å². The van der Waals surface area contributed by atoms with Crippen molar-refractivity contribution in [1.29, 1.82) is 5.26 Å². The zero-order valence-corrected chi connectivity index (χ0v) is 14.4. The zero-order valence-electron chi connectivity index (χ0n) is 13.6. The Kier molecular flexibility index (Phi) is 5.42. The lowest BCUT2D eigenvalue weighted by Gasteiger charge is -2.08. The molecule has 3 aromatic rings. The fourth-order valence-electron chi connectivity index (χ4n) is 2.19. The molecule has 0 radical (unpaired) electrons. The smallest absolute Gasteiger partial charge is 0.275 e. The molecule has 6 nitrogen and oxygen atoms in total. The molecule has 1 heterocycles. The second-order valence-electron chi connectivity index (χ2n) is 5.38. The highest BCUT2D eigenvalue weighted by molar-refractivity contribution is 6.31. The van der Waals surface area contributed by atoms with Crippen LogP contribution in [0.1, 0.15) is 21.6 Å². The van der Waals surface area contributed by atoms with E-state index in [2.05, 4.69) is 20.6 Å². The summed E-state index contributed by atoms with van der Waals surface area (Å²) in [6.07, 6.45) is 2.89. The second kappa shape index (κ2) is 8.10. The van der Waals surface area contributed by atoms with Gasteiger partial charge >= 0.3 is 0 Å². The van der Waals surface area contributed by atoms with Crippen LogP contribution in [0.3, 0.4) is 0 Å². The molecule has 0 aliphatic carbocycles.